The van der Waals surface area contributed by atoms with Crippen LogP contribution in [0.3, 0.4) is 0 Å². The van der Waals surface area contributed by atoms with Gasteiger partial charge >= 0.3 is 0 Å². The van der Waals surface area contributed by atoms with E-state index in [0.29, 0.717) is 16.3 Å². The van der Waals surface area contributed by atoms with Gasteiger partial charge in [-0.15, -0.1) is 0 Å². The van der Waals surface area contributed by atoms with Crippen molar-refractivity contribution < 1.29 is 17.6 Å². The largest absolute Gasteiger partial charge is 0.358 e. The lowest BCUT2D eigenvalue weighted by Gasteiger charge is -2.22. The molecule has 0 aromatic heterocycles. The van der Waals surface area contributed by atoms with Crippen LogP contribution >= 0.6 is 11.8 Å². The van der Waals surface area contributed by atoms with Crippen LogP contribution in [0.2, 0.25) is 0 Å². The monoisotopic (exact) mass is 407 g/mol. The molecule has 3 rings (SSSR count). The number of hydrogen-bond donors (Lipinski definition) is 2. The molecule has 1 unspecified atom stereocenters. The number of rotatable bonds is 4. The number of carbonyl (C=O) groups excluding carboxylic acids is 1. The summed E-state index contributed by atoms with van der Waals surface area (Å²) in [5, 5.41) is 8.55. The van der Waals surface area contributed by atoms with Crippen molar-refractivity contribution >= 4 is 32.9 Å². The Bertz CT molecular complexity index is 1020. The SMILES string of the molecule is C[C@H](NC1=NC(=O)C(C)(c2ccc(S(N)(=O)=O)cc2)S1)c1ccccc1F. The van der Waals surface area contributed by atoms with Crippen LogP contribution in [0.5, 0.6) is 0 Å². The lowest BCUT2D eigenvalue weighted by atomic mass is 10.00. The summed E-state index contributed by atoms with van der Waals surface area (Å²) < 4.78 is 35.7. The van der Waals surface area contributed by atoms with Crippen molar-refractivity contribution in [1.29, 1.82) is 0 Å². The average molecular weight is 407 g/mol. The minimum Gasteiger partial charge on any atom is -0.358 e. The van der Waals surface area contributed by atoms with Gasteiger partial charge in [0.05, 0.1) is 10.9 Å². The van der Waals surface area contributed by atoms with Gasteiger partial charge in [-0.25, -0.2) is 17.9 Å². The van der Waals surface area contributed by atoms with E-state index in [9.17, 15) is 17.6 Å². The molecule has 0 spiro atoms. The summed E-state index contributed by atoms with van der Waals surface area (Å²) in [6, 6.07) is 11.8. The molecule has 1 heterocycles. The Hall–Kier alpha value is -2.23. The van der Waals surface area contributed by atoms with Crippen molar-refractivity contribution in [2.45, 2.75) is 29.5 Å². The number of primary sulfonamides is 1. The fraction of sp³-hybridized carbons (Fsp3) is 0.222. The lowest BCUT2D eigenvalue weighted by Crippen LogP contribution is -2.27. The Morgan fingerprint density at radius 3 is 2.41 bits per heavy atom. The maximum Gasteiger partial charge on any atom is 0.268 e. The molecule has 0 saturated heterocycles. The van der Waals surface area contributed by atoms with Crippen molar-refractivity contribution in [3.05, 3.63) is 65.5 Å². The molecule has 142 valence electrons. The molecule has 9 heteroatoms. The molecule has 1 amide bonds. The van der Waals surface area contributed by atoms with Crippen LogP contribution in [0.15, 0.2) is 58.4 Å². The number of halogens is 1. The van der Waals surface area contributed by atoms with Crippen LogP contribution in [0.25, 0.3) is 0 Å². The Balaban J connectivity index is 1.79. The molecule has 1 aliphatic heterocycles. The zero-order chi connectivity index (χ0) is 19.8. The first-order valence-electron chi connectivity index (χ1n) is 8.08. The van der Waals surface area contributed by atoms with Gasteiger partial charge in [-0.3, -0.25) is 4.79 Å². The Kier molecular flexibility index (Phi) is 5.11. The molecule has 6 nitrogen and oxygen atoms in total. The molecule has 0 fully saturated rings. The minimum absolute atomic E-state index is 0.0299. The first kappa shape index (κ1) is 19.5. The second-order valence-electron chi connectivity index (χ2n) is 6.31. The van der Waals surface area contributed by atoms with Crippen LogP contribution in [0.4, 0.5) is 4.39 Å². The number of nitrogens with zero attached hydrogens (tertiary/aromatic N) is 1. The van der Waals surface area contributed by atoms with E-state index in [4.69, 9.17) is 5.14 Å². The van der Waals surface area contributed by atoms with E-state index in [1.165, 1.54) is 30.0 Å². The summed E-state index contributed by atoms with van der Waals surface area (Å²) >= 11 is 1.20. The molecule has 0 saturated carbocycles. The van der Waals surface area contributed by atoms with Gasteiger partial charge in [0.15, 0.2) is 5.17 Å². The van der Waals surface area contributed by atoms with Gasteiger partial charge in [0, 0.05) is 5.56 Å². The van der Waals surface area contributed by atoms with Crippen molar-refractivity contribution in [3.8, 4) is 0 Å². The van der Waals surface area contributed by atoms with Gasteiger partial charge in [-0.05, 0) is 37.6 Å². The standard InChI is InChI=1S/C18H18FN3O3S2/c1-11(14-5-3-4-6-15(14)19)21-17-22-16(23)18(2,26-17)12-7-9-13(10-8-12)27(20,24)25/h3-11H,1-2H3,(H2,20,24,25)(H,21,22,23)/t11-,18?/m0/s1. The Labute approximate surface area is 161 Å². The summed E-state index contributed by atoms with van der Waals surface area (Å²) in [5.74, 6) is -0.715. The molecular formula is C18H18FN3O3S2. The third-order valence-electron chi connectivity index (χ3n) is 4.36. The molecule has 2 aromatic carbocycles. The molecule has 2 aromatic rings. The highest BCUT2D eigenvalue weighted by Gasteiger charge is 2.43. The van der Waals surface area contributed by atoms with Crippen LogP contribution in [0.1, 0.15) is 31.0 Å². The van der Waals surface area contributed by atoms with Crippen molar-refractivity contribution in [2.24, 2.45) is 10.1 Å². The van der Waals surface area contributed by atoms with Crippen molar-refractivity contribution in [2.75, 3.05) is 0 Å². The smallest absolute Gasteiger partial charge is 0.268 e. The van der Waals surface area contributed by atoms with Crippen molar-refractivity contribution in [1.82, 2.24) is 5.32 Å². The highest BCUT2D eigenvalue weighted by atomic mass is 32.2. The van der Waals surface area contributed by atoms with Gasteiger partial charge in [-0.2, -0.15) is 4.99 Å². The molecule has 3 N–H and O–H groups in total. The van der Waals surface area contributed by atoms with E-state index in [0.717, 1.165) is 0 Å². The van der Waals surface area contributed by atoms with Gasteiger partial charge in [0.2, 0.25) is 10.0 Å². The van der Waals surface area contributed by atoms with Gasteiger partial charge in [0.25, 0.3) is 5.91 Å². The number of amides is 1. The highest BCUT2D eigenvalue weighted by Crippen LogP contribution is 2.42. The molecular weight excluding hydrogens is 389 g/mol. The van der Waals surface area contributed by atoms with Gasteiger partial charge in [-0.1, -0.05) is 42.1 Å². The maximum absolute atomic E-state index is 13.9. The highest BCUT2D eigenvalue weighted by molar-refractivity contribution is 8.15. The summed E-state index contributed by atoms with van der Waals surface area (Å²) in [6.45, 7) is 3.49. The van der Waals surface area contributed by atoms with E-state index in [1.807, 2.05) is 0 Å². The third-order valence-corrected chi connectivity index (χ3v) is 6.51. The molecule has 2 atom stereocenters. The molecule has 0 aliphatic carbocycles. The van der Waals surface area contributed by atoms with E-state index < -0.39 is 14.8 Å². The van der Waals surface area contributed by atoms with E-state index in [2.05, 4.69) is 10.3 Å². The molecule has 27 heavy (non-hydrogen) atoms. The summed E-state index contributed by atoms with van der Waals surface area (Å²) in [5.41, 5.74) is 1.07. The van der Waals surface area contributed by atoms with Crippen LogP contribution in [-0.4, -0.2) is 19.5 Å². The van der Waals surface area contributed by atoms with Crippen molar-refractivity contribution in [3.63, 3.8) is 0 Å². The van der Waals surface area contributed by atoms with Crippen LogP contribution < -0.4 is 10.5 Å². The number of carbonyl (C=O) groups is 1. The summed E-state index contributed by atoms with van der Waals surface area (Å²) in [7, 11) is -3.81. The fourth-order valence-corrected chi connectivity index (χ4v) is 4.41. The number of aliphatic imine (C=N–C) groups is 1. The van der Waals surface area contributed by atoms with E-state index in [-0.39, 0.29) is 22.7 Å². The zero-order valence-corrected chi connectivity index (χ0v) is 16.3. The topological polar surface area (TPSA) is 102 Å². The summed E-state index contributed by atoms with van der Waals surface area (Å²) in [4.78, 5) is 16.5. The minimum atomic E-state index is -3.81. The number of amidine groups is 1. The first-order valence-corrected chi connectivity index (χ1v) is 10.4. The fourth-order valence-electron chi connectivity index (χ4n) is 2.75. The van der Waals surface area contributed by atoms with Gasteiger partial charge < -0.3 is 5.32 Å². The number of thioether (sulfide) groups is 1. The molecule has 1 aliphatic rings. The summed E-state index contributed by atoms with van der Waals surface area (Å²) in [6.07, 6.45) is 0. The molecule has 0 bridgehead atoms. The number of sulfonamides is 1. The normalized spacial score (nSPS) is 21.0. The first-order chi connectivity index (χ1) is 12.6. The third kappa shape index (κ3) is 3.90. The molecule has 0 radical (unpaired) electrons. The number of nitrogens with two attached hydrogens (primary N) is 1. The maximum atomic E-state index is 13.9. The second-order valence-corrected chi connectivity index (χ2v) is 9.28. The predicted octanol–water partition coefficient (Wildman–Crippen LogP) is 2.67. The number of benzene rings is 2. The van der Waals surface area contributed by atoms with E-state index >= 15 is 0 Å². The zero-order valence-electron chi connectivity index (χ0n) is 14.6. The lowest BCUT2D eigenvalue weighted by molar-refractivity contribution is -0.119. The Morgan fingerprint density at radius 2 is 1.81 bits per heavy atom. The van der Waals surface area contributed by atoms with Gasteiger partial charge in [0.1, 0.15) is 10.6 Å². The number of nitrogens with one attached hydrogen (secondary N) is 1. The average Bonchev–Trinajstić information content (AvgIpc) is 2.89. The predicted molar refractivity (Wildman–Crippen MR) is 103 cm³/mol. The Morgan fingerprint density at radius 1 is 1.19 bits per heavy atom. The van der Waals surface area contributed by atoms with E-state index in [1.54, 1.807) is 44.2 Å². The van der Waals surface area contributed by atoms with Crippen LogP contribution in [0, 0.1) is 5.82 Å². The van der Waals surface area contributed by atoms with Crippen LogP contribution in [-0.2, 0) is 19.6 Å². The second kappa shape index (κ2) is 7.06. The quantitative estimate of drug-likeness (QED) is 0.811. The number of hydrogen-bond acceptors (Lipinski definition) is 5.